The molecule has 0 aliphatic heterocycles. The summed E-state index contributed by atoms with van der Waals surface area (Å²) in [4.78, 5) is 17.2. The molecule has 1 amide bonds. The highest BCUT2D eigenvalue weighted by Gasteiger charge is 2.32. The van der Waals surface area contributed by atoms with Crippen LogP contribution in [0.25, 0.3) is 5.65 Å². The van der Waals surface area contributed by atoms with Gasteiger partial charge >= 0.3 is 0 Å². The lowest BCUT2D eigenvalue weighted by molar-refractivity contribution is -0.121. The lowest BCUT2D eigenvalue weighted by atomic mass is 9.69. The van der Waals surface area contributed by atoms with Gasteiger partial charge in [-0.15, -0.1) is 0 Å². The van der Waals surface area contributed by atoms with E-state index in [4.69, 9.17) is 0 Å². The Kier molecular flexibility index (Phi) is 4.96. The van der Waals surface area contributed by atoms with Gasteiger partial charge in [-0.2, -0.15) is 5.10 Å². The number of carbonyl (C=O) groups excluding carboxylic acids is 1. The van der Waals surface area contributed by atoms with Gasteiger partial charge in [-0.05, 0) is 49.1 Å². The lowest BCUT2D eigenvalue weighted by Gasteiger charge is -2.36. The van der Waals surface area contributed by atoms with Crippen LogP contribution in [0.2, 0.25) is 0 Å². The molecule has 6 nitrogen and oxygen atoms in total. The van der Waals surface area contributed by atoms with Gasteiger partial charge in [0.1, 0.15) is 5.65 Å². The molecule has 0 unspecified atom stereocenters. The van der Waals surface area contributed by atoms with Crippen LogP contribution in [0.4, 0.5) is 5.69 Å². The van der Waals surface area contributed by atoms with Gasteiger partial charge in [-0.25, -0.2) is 4.98 Å². The van der Waals surface area contributed by atoms with Gasteiger partial charge in [-0.1, -0.05) is 26.8 Å². The van der Waals surface area contributed by atoms with Gasteiger partial charge in [0.15, 0.2) is 0 Å². The molecule has 0 spiro atoms. The Balaban J connectivity index is 1.34. The topological polar surface area (TPSA) is 64.2 Å². The minimum absolute atomic E-state index is 0.111. The van der Waals surface area contributed by atoms with Crippen molar-refractivity contribution in [2.45, 2.75) is 53.0 Å². The van der Waals surface area contributed by atoms with Crippen molar-refractivity contribution >= 4 is 17.2 Å². The standard InChI is InChI=1S/C22H29N5O/c1-22(2,3)17-9-7-16(8-10-17)21(28)25-18-12-23-27(14-18)15-19-13-26-11-5-4-6-20(26)24-19/h4-6,11-14,16-17H,7-10,15H2,1-3H3,(H,25,28). The van der Waals surface area contributed by atoms with E-state index in [9.17, 15) is 4.79 Å². The largest absolute Gasteiger partial charge is 0.323 e. The van der Waals surface area contributed by atoms with Crippen molar-refractivity contribution in [3.63, 3.8) is 0 Å². The first-order valence-electron chi connectivity index (χ1n) is 10.1. The average Bonchev–Trinajstić information content (AvgIpc) is 3.27. The fourth-order valence-corrected chi connectivity index (χ4v) is 4.21. The first-order chi connectivity index (χ1) is 13.4. The first kappa shape index (κ1) is 18.7. The van der Waals surface area contributed by atoms with Crippen LogP contribution in [0.5, 0.6) is 0 Å². The summed E-state index contributed by atoms with van der Waals surface area (Å²) >= 11 is 0. The molecule has 3 aromatic rings. The van der Waals surface area contributed by atoms with Gasteiger partial charge in [0.05, 0.1) is 24.1 Å². The maximum atomic E-state index is 12.6. The predicted octanol–water partition coefficient (Wildman–Crippen LogP) is 4.37. The van der Waals surface area contributed by atoms with E-state index in [0.29, 0.717) is 17.9 Å². The molecule has 3 heterocycles. The van der Waals surface area contributed by atoms with E-state index in [-0.39, 0.29) is 11.8 Å². The zero-order chi connectivity index (χ0) is 19.7. The molecule has 3 aromatic heterocycles. The number of pyridine rings is 1. The van der Waals surface area contributed by atoms with E-state index in [2.05, 4.69) is 36.2 Å². The van der Waals surface area contributed by atoms with Crippen molar-refractivity contribution < 1.29 is 4.79 Å². The molecule has 1 saturated carbocycles. The number of nitrogens with one attached hydrogen (secondary N) is 1. The van der Waals surface area contributed by atoms with E-state index in [1.807, 2.05) is 45.9 Å². The second kappa shape index (κ2) is 7.41. The number of nitrogens with zero attached hydrogens (tertiary/aromatic N) is 4. The highest BCUT2D eigenvalue weighted by Crippen LogP contribution is 2.40. The van der Waals surface area contributed by atoms with Crippen LogP contribution in [0.15, 0.2) is 43.0 Å². The maximum absolute atomic E-state index is 12.6. The van der Waals surface area contributed by atoms with Gasteiger partial charge < -0.3 is 9.72 Å². The third-order valence-corrected chi connectivity index (χ3v) is 5.96. The molecule has 1 aliphatic rings. The van der Waals surface area contributed by atoms with Crippen molar-refractivity contribution in [3.05, 3.63) is 48.7 Å². The molecule has 0 atom stereocenters. The fraction of sp³-hybridized carbons (Fsp3) is 0.500. The monoisotopic (exact) mass is 379 g/mol. The van der Waals surface area contributed by atoms with Crippen molar-refractivity contribution in [2.24, 2.45) is 17.3 Å². The van der Waals surface area contributed by atoms with Gasteiger partial charge in [0, 0.05) is 24.5 Å². The van der Waals surface area contributed by atoms with Crippen LogP contribution < -0.4 is 5.32 Å². The normalized spacial score (nSPS) is 20.4. The smallest absolute Gasteiger partial charge is 0.227 e. The minimum Gasteiger partial charge on any atom is -0.323 e. The Morgan fingerprint density at radius 1 is 1.18 bits per heavy atom. The zero-order valence-electron chi connectivity index (χ0n) is 16.9. The molecule has 1 fully saturated rings. The van der Waals surface area contributed by atoms with E-state index in [1.54, 1.807) is 6.20 Å². The van der Waals surface area contributed by atoms with E-state index >= 15 is 0 Å². The number of hydrogen-bond acceptors (Lipinski definition) is 3. The molecule has 0 bridgehead atoms. The Hall–Kier alpha value is -2.63. The number of rotatable bonds is 4. The summed E-state index contributed by atoms with van der Waals surface area (Å²) in [7, 11) is 0. The van der Waals surface area contributed by atoms with Crippen LogP contribution in [-0.4, -0.2) is 25.1 Å². The third kappa shape index (κ3) is 4.11. The summed E-state index contributed by atoms with van der Waals surface area (Å²) < 4.78 is 3.81. The number of amides is 1. The number of anilines is 1. The fourth-order valence-electron chi connectivity index (χ4n) is 4.21. The summed E-state index contributed by atoms with van der Waals surface area (Å²) in [5.74, 6) is 0.949. The van der Waals surface area contributed by atoms with E-state index in [0.717, 1.165) is 42.7 Å². The Labute approximate surface area is 166 Å². The zero-order valence-corrected chi connectivity index (χ0v) is 16.9. The molecule has 148 valence electrons. The molecule has 0 saturated heterocycles. The molecule has 6 heteroatoms. The molecule has 28 heavy (non-hydrogen) atoms. The quantitative estimate of drug-likeness (QED) is 0.732. The summed E-state index contributed by atoms with van der Waals surface area (Å²) in [5, 5.41) is 7.43. The molecule has 1 aliphatic carbocycles. The summed E-state index contributed by atoms with van der Waals surface area (Å²) in [6.45, 7) is 7.48. The average molecular weight is 380 g/mol. The van der Waals surface area contributed by atoms with Crippen molar-refractivity contribution in [1.82, 2.24) is 19.2 Å². The second-order valence-corrected chi connectivity index (χ2v) is 9.03. The first-order valence-corrected chi connectivity index (χ1v) is 10.1. The van der Waals surface area contributed by atoms with Crippen molar-refractivity contribution in [3.8, 4) is 0 Å². The van der Waals surface area contributed by atoms with Crippen LogP contribution in [0, 0.1) is 17.3 Å². The molecule has 0 aromatic carbocycles. The van der Waals surface area contributed by atoms with Crippen molar-refractivity contribution in [2.75, 3.05) is 5.32 Å². The number of imidazole rings is 1. The molecule has 0 radical (unpaired) electrons. The van der Waals surface area contributed by atoms with Gasteiger partial charge in [0.25, 0.3) is 0 Å². The number of fused-ring (bicyclic) bond motifs is 1. The van der Waals surface area contributed by atoms with Crippen LogP contribution in [0.1, 0.15) is 52.1 Å². The highest BCUT2D eigenvalue weighted by atomic mass is 16.1. The van der Waals surface area contributed by atoms with Gasteiger partial charge in [0.2, 0.25) is 5.91 Å². The SMILES string of the molecule is CC(C)(C)C1CCC(C(=O)Nc2cnn(Cc3cn4ccccc4n3)c2)CC1. The van der Waals surface area contributed by atoms with Crippen molar-refractivity contribution in [1.29, 1.82) is 0 Å². The van der Waals surface area contributed by atoms with Gasteiger partial charge in [-0.3, -0.25) is 9.48 Å². The van der Waals surface area contributed by atoms with E-state index in [1.165, 1.54) is 0 Å². The highest BCUT2D eigenvalue weighted by molar-refractivity contribution is 5.92. The summed E-state index contributed by atoms with van der Waals surface area (Å²) in [5.41, 5.74) is 2.95. The second-order valence-electron chi connectivity index (χ2n) is 9.03. The Bertz CT molecular complexity index is 924. The number of hydrogen-bond donors (Lipinski definition) is 1. The number of aromatic nitrogens is 4. The Morgan fingerprint density at radius 3 is 2.68 bits per heavy atom. The maximum Gasteiger partial charge on any atom is 0.227 e. The van der Waals surface area contributed by atoms with Crippen LogP contribution in [-0.2, 0) is 11.3 Å². The van der Waals surface area contributed by atoms with E-state index < -0.39 is 0 Å². The minimum atomic E-state index is 0.111. The Morgan fingerprint density at radius 2 is 1.96 bits per heavy atom. The predicted molar refractivity (Wildman–Crippen MR) is 110 cm³/mol. The van der Waals surface area contributed by atoms with Crippen LogP contribution in [0.3, 0.4) is 0 Å². The third-order valence-electron chi connectivity index (χ3n) is 5.96. The molecule has 4 rings (SSSR count). The summed E-state index contributed by atoms with van der Waals surface area (Å²) in [6.07, 6.45) is 11.8. The lowest BCUT2D eigenvalue weighted by Crippen LogP contribution is -2.31. The van der Waals surface area contributed by atoms with Crippen LogP contribution >= 0.6 is 0 Å². The number of carbonyl (C=O) groups is 1. The summed E-state index contributed by atoms with van der Waals surface area (Å²) in [6, 6.07) is 5.93. The molecule has 1 N–H and O–H groups in total. The molecular formula is C22H29N5O. The molecular weight excluding hydrogens is 350 g/mol.